The Hall–Kier alpha value is -6.91. The van der Waals surface area contributed by atoms with E-state index in [1.54, 1.807) is 0 Å². The summed E-state index contributed by atoms with van der Waals surface area (Å²) in [4.78, 5) is 14.7. The molecule has 2 heterocycles. The third-order valence-corrected chi connectivity index (χ3v) is 9.70. The highest BCUT2D eigenvalue weighted by Crippen LogP contribution is 2.43. The SMILES string of the molecule is c1ccc(-c2nc(-c3ccccc3)nc(-c3ccc(-c4ccc(-c5ccc6ccccc6c5)c5oc6cc7ccccc7cc6c45)cc3)n2)cc1. The number of benzene rings is 8. The van der Waals surface area contributed by atoms with Crippen molar-refractivity contribution < 1.29 is 4.42 Å². The molecule has 0 aliphatic carbocycles. The number of aromatic nitrogens is 3. The van der Waals surface area contributed by atoms with Crippen LogP contribution in [0.3, 0.4) is 0 Å². The largest absolute Gasteiger partial charge is 0.455 e. The van der Waals surface area contributed by atoms with E-state index >= 15 is 0 Å². The predicted octanol–water partition coefficient (Wildman–Crippen LogP) is 12.4. The molecule has 0 atom stereocenters. The predicted molar refractivity (Wildman–Crippen MR) is 209 cm³/mol. The van der Waals surface area contributed by atoms with Gasteiger partial charge in [-0.3, -0.25) is 0 Å². The van der Waals surface area contributed by atoms with E-state index in [4.69, 9.17) is 19.4 Å². The maximum Gasteiger partial charge on any atom is 0.164 e. The van der Waals surface area contributed by atoms with E-state index in [0.29, 0.717) is 17.5 Å². The third kappa shape index (κ3) is 5.13. The Morgan fingerprint density at radius 1 is 0.333 bits per heavy atom. The van der Waals surface area contributed by atoms with Gasteiger partial charge >= 0.3 is 0 Å². The van der Waals surface area contributed by atoms with Gasteiger partial charge in [0.25, 0.3) is 0 Å². The number of nitrogens with zero attached hydrogens (tertiary/aromatic N) is 3. The van der Waals surface area contributed by atoms with Crippen molar-refractivity contribution in [1.29, 1.82) is 0 Å². The summed E-state index contributed by atoms with van der Waals surface area (Å²) in [5.74, 6) is 1.92. The average molecular weight is 652 g/mol. The van der Waals surface area contributed by atoms with Crippen LogP contribution in [0.2, 0.25) is 0 Å². The summed E-state index contributed by atoms with van der Waals surface area (Å²) in [5.41, 5.74) is 8.97. The van der Waals surface area contributed by atoms with Crippen molar-refractivity contribution in [2.24, 2.45) is 0 Å². The van der Waals surface area contributed by atoms with Crippen LogP contribution in [0, 0.1) is 0 Å². The van der Waals surface area contributed by atoms with E-state index in [1.807, 2.05) is 60.7 Å². The molecule has 2 aromatic heterocycles. The van der Waals surface area contributed by atoms with Gasteiger partial charge in [-0.05, 0) is 62.5 Å². The molecule has 0 radical (unpaired) electrons. The maximum absolute atomic E-state index is 6.80. The van der Waals surface area contributed by atoms with Crippen LogP contribution < -0.4 is 0 Å². The molecule has 0 fully saturated rings. The van der Waals surface area contributed by atoms with E-state index in [0.717, 1.165) is 66.3 Å². The molecule has 0 saturated heterocycles. The Kier molecular flexibility index (Phi) is 6.78. The lowest BCUT2D eigenvalue weighted by Crippen LogP contribution is -2.00. The second-order valence-corrected chi connectivity index (χ2v) is 12.8. The molecule has 10 rings (SSSR count). The van der Waals surface area contributed by atoms with Crippen molar-refractivity contribution >= 4 is 43.5 Å². The zero-order valence-corrected chi connectivity index (χ0v) is 27.5. The van der Waals surface area contributed by atoms with Crippen molar-refractivity contribution in [2.75, 3.05) is 0 Å². The van der Waals surface area contributed by atoms with E-state index in [1.165, 1.54) is 16.2 Å². The summed E-state index contributed by atoms with van der Waals surface area (Å²) in [6.45, 7) is 0. The second-order valence-electron chi connectivity index (χ2n) is 12.8. The zero-order chi connectivity index (χ0) is 33.7. The monoisotopic (exact) mass is 651 g/mol. The first-order chi connectivity index (χ1) is 25.2. The van der Waals surface area contributed by atoms with Gasteiger partial charge in [0.05, 0.1) is 0 Å². The van der Waals surface area contributed by atoms with Gasteiger partial charge in [-0.25, -0.2) is 15.0 Å². The normalized spacial score (nSPS) is 11.5. The molecule has 51 heavy (non-hydrogen) atoms. The maximum atomic E-state index is 6.80. The molecule has 238 valence electrons. The quantitative estimate of drug-likeness (QED) is 0.186. The lowest BCUT2D eigenvalue weighted by molar-refractivity contribution is 0.670. The van der Waals surface area contributed by atoms with Crippen LogP contribution in [0.1, 0.15) is 0 Å². The molecule has 0 saturated carbocycles. The van der Waals surface area contributed by atoms with Crippen molar-refractivity contribution in [3.8, 4) is 56.4 Å². The van der Waals surface area contributed by atoms with E-state index in [9.17, 15) is 0 Å². The van der Waals surface area contributed by atoms with Crippen molar-refractivity contribution in [1.82, 2.24) is 15.0 Å². The van der Waals surface area contributed by atoms with Crippen molar-refractivity contribution in [3.05, 3.63) is 176 Å². The fourth-order valence-corrected chi connectivity index (χ4v) is 7.13. The summed E-state index contributed by atoms with van der Waals surface area (Å²) in [6, 6.07) is 61.1. The Morgan fingerprint density at radius 3 is 1.43 bits per heavy atom. The van der Waals surface area contributed by atoms with E-state index in [2.05, 4.69) is 115 Å². The fourth-order valence-electron chi connectivity index (χ4n) is 7.13. The summed E-state index contributed by atoms with van der Waals surface area (Å²) < 4.78 is 6.80. The van der Waals surface area contributed by atoms with Crippen LogP contribution in [-0.2, 0) is 0 Å². The topological polar surface area (TPSA) is 51.8 Å². The van der Waals surface area contributed by atoms with Gasteiger partial charge in [0, 0.05) is 33.0 Å². The highest BCUT2D eigenvalue weighted by molar-refractivity contribution is 6.18. The second kappa shape index (κ2) is 11.9. The minimum Gasteiger partial charge on any atom is -0.455 e. The Labute approximate surface area is 294 Å². The number of hydrogen-bond acceptors (Lipinski definition) is 4. The first kappa shape index (κ1) is 29.0. The van der Waals surface area contributed by atoms with Crippen LogP contribution in [0.15, 0.2) is 180 Å². The molecule has 0 bridgehead atoms. The molecule has 4 nitrogen and oxygen atoms in total. The first-order valence-corrected chi connectivity index (χ1v) is 17.1. The summed E-state index contributed by atoms with van der Waals surface area (Å²) in [5, 5.41) is 6.96. The number of furan rings is 1. The van der Waals surface area contributed by atoms with Gasteiger partial charge in [0.1, 0.15) is 11.2 Å². The molecule has 0 spiro atoms. The third-order valence-electron chi connectivity index (χ3n) is 9.70. The lowest BCUT2D eigenvalue weighted by Gasteiger charge is -2.11. The van der Waals surface area contributed by atoms with Gasteiger partial charge in [-0.1, -0.05) is 152 Å². The average Bonchev–Trinajstić information content (AvgIpc) is 3.58. The number of hydrogen-bond donors (Lipinski definition) is 0. The Balaban J connectivity index is 1.14. The van der Waals surface area contributed by atoms with Crippen LogP contribution in [0.5, 0.6) is 0 Å². The van der Waals surface area contributed by atoms with E-state index in [-0.39, 0.29) is 0 Å². The molecule has 0 amide bonds. The number of fused-ring (bicyclic) bond motifs is 5. The molecule has 4 heteroatoms. The summed E-state index contributed by atoms with van der Waals surface area (Å²) in [7, 11) is 0. The van der Waals surface area contributed by atoms with Gasteiger partial charge in [0.2, 0.25) is 0 Å². The van der Waals surface area contributed by atoms with E-state index < -0.39 is 0 Å². The van der Waals surface area contributed by atoms with Crippen LogP contribution >= 0.6 is 0 Å². The molecule has 0 aliphatic rings. The zero-order valence-electron chi connectivity index (χ0n) is 27.5. The van der Waals surface area contributed by atoms with Gasteiger partial charge < -0.3 is 4.42 Å². The molecule has 0 unspecified atom stereocenters. The standard InChI is InChI=1S/C47H29N3O/c1-3-12-32(13-4-1)45-48-46(33-14-5-2-6-15-33)50-47(49-45)34-22-20-31(21-23-34)39-25-26-40(38-24-19-30-11-7-8-16-35(30)27-38)44-43(39)41-28-36-17-9-10-18-37(36)29-42(41)51-44/h1-29H. The molecule has 10 aromatic rings. The van der Waals surface area contributed by atoms with Gasteiger partial charge in [-0.15, -0.1) is 0 Å². The Morgan fingerprint density at radius 2 is 0.804 bits per heavy atom. The minimum absolute atomic E-state index is 0.631. The van der Waals surface area contributed by atoms with Crippen LogP contribution in [-0.4, -0.2) is 15.0 Å². The van der Waals surface area contributed by atoms with Gasteiger partial charge in [-0.2, -0.15) is 0 Å². The highest BCUT2D eigenvalue weighted by atomic mass is 16.3. The smallest absolute Gasteiger partial charge is 0.164 e. The van der Waals surface area contributed by atoms with Crippen molar-refractivity contribution in [2.45, 2.75) is 0 Å². The summed E-state index contributed by atoms with van der Waals surface area (Å²) in [6.07, 6.45) is 0. The fraction of sp³-hybridized carbons (Fsp3) is 0. The molecule has 0 N–H and O–H groups in total. The molecule has 0 aliphatic heterocycles. The molecule has 8 aromatic carbocycles. The van der Waals surface area contributed by atoms with Crippen LogP contribution in [0.25, 0.3) is 99.9 Å². The number of rotatable bonds is 5. The lowest BCUT2D eigenvalue weighted by atomic mass is 9.93. The summed E-state index contributed by atoms with van der Waals surface area (Å²) >= 11 is 0. The molecular formula is C47H29N3O. The molecular weight excluding hydrogens is 623 g/mol. The van der Waals surface area contributed by atoms with Gasteiger partial charge in [0.15, 0.2) is 17.5 Å². The van der Waals surface area contributed by atoms with Crippen LogP contribution in [0.4, 0.5) is 0 Å². The van der Waals surface area contributed by atoms with Crippen molar-refractivity contribution in [3.63, 3.8) is 0 Å². The Bertz CT molecular complexity index is 2840. The minimum atomic E-state index is 0.631. The first-order valence-electron chi connectivity index (χ1n) is 17.1. The highest BCUT2D eigenvalue weighted by Gasteiger charge is 2.19.